The highest BCUT2D eigenvalue weighted by molar-refractivity contribution is 5.96. The molecule has 0 saturated heterocycles. The van der Waals surface area contributed by atoms with Gasteiger partial charge in [0.05, 0.1) is 0 Å². The largest absolute Gasteiger partial charge is 0.480 e. The lowest BCUT2D eigenvalue weighted by molar-refractivity contribution is -0.138. The van der Waals surface area contributed by atoms with Crippen molar-refractivity contribution in [3.05, 3.63) is 35.4 Å². The molecule has 0 fully saturated rings. The van der Waals surface area contributed by atoms with Crippen LogP contribution in [0.1, 0.15) is 15.9 Å². The van der Waals surface area contributed by atoms with E-state index >= 15 is 0 Å². The van der Waals surface area contributed by atoms with E-state index in [1.165, 1.54) is 0 Å². The predicted octanol–water partition coefficient (Wildman–Crippen LogP) is -0.713. The molecule has 1 rings (SSSR count). The van der Waals surface area contributed by atoms with Gasteiger partial charge in [0.2, 0.25) is 0 Å². The first kappa shape index (κ1) is 13.1. The van der Waals surface area contributed by atoms with E-state index in [1.807, 2.05) is 0 Å². The van der Waals surface area contributed by atoms with Crippen LogP contribution in [0.2, 0.25) is 0 Å². The van der Waals surface area contributed by atoms with E-state index in [1.54, 1.807) is 24.3 Å². The molecule has 6 N–H and O–H groups in total. The molecule has 1 amide bonds. The minimum atomic E-state index is -1.15. The number of hydrogen-bond donors (Lipinski definition) is 4. The summed E-state index contributed by atoms with van der Waals surface area (Å²) in [6, 6.07) is 5.54. The van der Waals surface area contributed by atoms with Crippen LogP contribution in [0.25, 0.3) is 0 Å². The summed E-state index contributed by atoms with van der Waals surface area (Å²) in [4.78, 5) is 22.3. The van der Waals surface area contributed by atoms with Gasteiger partial charge < -0.3 is 21.9 Å². The number of carboxylic acids is 1. The number of carbonyl (C=O) groups is 2. The molecule has 0 aliphatic rings. The zero-order valence-electron chi connectivity index (χ0n) is 9.22. The molecule has 0 aliphatic heterocycles. The van der Waals surface area contributed by atoms with Crippen molar-refractivity contribution in [1.29, 1.82) is 0 Å². The predicted molar refractivity (Wildman–Crippen MR) is 62.3 cm³/mol. The number of aliphatic carboxylic acids is 1. The lowest BCUT2D eigenvalue weighted by atomic mass is 10.1. The van der Waals surface area contributed by atoms with Gasteiger partial charge in [-0.2, -0.15) is 0 Å². The molecule has 0 aromatic heterocycles. The Morgan fingerprint density at radius 1 is 1.24 bits per heavy atom. The van der Waals surface area contributed by atoms with Crippen molar-refractivity contribution in [3.63, 3.8) is 0 Å². The summed E-state index contributed by atoms with van der Waals surface area (Å²) in [6.45, 7) is 0.240. The van der Waals surface area contributed by atoms with Gasteiger partial charge in [-0.3, -0.25) is 4.79 Å². The Morgan fingerprint density at radius 2 is 1.82 bits per heavy atom. The topological polar surface area (TPSA) is 118 Å². The molecule has 17 heavy (non-hydrogen) atoms. The van der Waals surface area contributed by atoms with Crippen LogP contribution in [0, 0.1) is 0 Å². The van der Waals surface area contributed by atoms with Crippen LogP contribution in [0.5, 0.6) is 0 Å². The van der Waals surface area contributed by atoms with E-state index in [4.69, 9.17) is 16.6 Å². The van der Waals surface area contributed by atoms with Gasteiger partial charge in [0.15, 0.2) is 0 Å². The first-order valence-corrected chi connectivity index (χ1v) is 5.11. The molecule has 1 atom stereocenters. The van der Waals surface area contributed by atoms with Gasteiger partial charge in [-0.25, -0.2) is 4.79 Å². The Bertz CT molecular complexity index is 403. The molecule has 0 bridgehead atoms. The second kappa shape index (κ2) is 5.97. The van der Waals surface area contributed by atoms with E-state index in [-0.39, 0.29) is 6.54 Å². The molecule has 92 valence electrons. The zero-order valence-corrected chi connectivity index (χ0v) is 9.22. The van der Waals surface area contributed by atoms with Crippen LogP contribution in [-0.2, 0) is 11.3 Å². The van der Waals surface area contributed by atoms with Gasteiger partial charge in [0.25, 0.3) is 5.91 Å². The maximum absolute atomic E-state index is 11.7. The van der Waals surface area contributed by atoms with Crippen molar-refractivity contribution >= 4 is 11.9 Å². The SMILES string of the molecule is NCc1ccc(C(=O)NC(CN)C(=O)O)cc1. The molecular weight excluding hydrogens is 222 g/mol. The minimum absolute atomic E-state index is 0.151. The number of benzene rings is 1. The Kier molecular flexibility index (Phi) is 4.62. The Hall–Kier alpha value is -1.92. The van der Waals surface area contributed by atoms with E-state index in [0.717, 1.165) is 5.56 Å². The lowest BCUT2D eigenvalue weighted by Crippen LogP contribution is -2.45. The molecule has 0 saturated carbocycles. The minimum Gasteiger partial charge on any atom is -0.480 e. The van der Waals surface area contributed by atoms with Crippen molar-refractivity contribution in [1.82, 2.24) is 5.32 Å². The summed E-state index contributed by atoms with van der Waals surface area (Å²) in [7, 11) is 0. The summed E-state index contributed by atoms with van der Waals surface area (Å²) in [5.74, 6) is -1.62. The highest BCUT2D eigenvalue weighted by Crippen LogP contribution is 2.04. The number of amides is 1. The summed E-state index contributed by atoms with van der Waals surface area (Å²) in [5, 5.41) is 11.1. The van der Waals surface area contributed by atoms with Crippen LogP contribution >= 0.6 is 0 Å². The van der Waals surface area contributed by atoms with Crippen molar-refractivity contribution in [3.8, 4) is 0 Å². The Labute approximate surface area is 98.6 Å². The van der Waals surface area contributed by atoms with Crippen molar-refractivity contribution < 1.29 is 14.7 Å². The third-order valence-corrected chi connectivity index (χ3v) is 2.29. The Morgan fingerprint density at radius 3 is 2.24 bits per heavy atom. The van der Waals surface area contributed by atoms with Gasteiger partial charge in [-0.15, -0.1) is 0 Å². The third kappa shape index (κ3) is 3.54. The average Bonchev–Trinajstić information content (AvgIpc) is 2.35. The van der Waals surface area contributed by atoms with Crippen molar-refractivity contribution in [2.24, 2.45) is 11.5 Å². The van der Waals surface area contributed by atoms with E-state index in [2.05, 4.69) is 5.32 Å². The second-order valence-corrected chi connectivity index (χ2v) is 3.50. The number of carbonyl (C=O) groups excluding carboxylic acids is 1. The highest BCUT2D eigenvalue weighted by Gasteiger charge is 2.18. The number of hydrogen-bond acceptors (Lipinski definition) is 4. The van der Waals surface area contributed by atoms with Crippen LogP contribution in [-0.4, -0.2) is 29.6 Å². The smallest absolute Gasteiger partial charge is 0.327 e. The van der Waals surface area contributed by atoms with E-state index < -0.39 is 17.9 Å². The second-order valence-electron chi connectivity index (χ2n) is 3.50. The van der Waals surface area contributed by atoms with E-state index in [9.17, 15) is 9.59 Å². The number of carboxylic acid groups (broad SMARTS) is 1. The summed E-state index contributed by atoms with van der Waals surface area (Å²) in [6.07, 6.45) is 0. The van der Waals surface area contributed by atoms with Gasteiger partial charge in [0, 0.05) is 18.7 Å². The quantitative estimate of drug-likeness (QED) is 0.539. The molecule has 0 radical (unpaired) electrons. The molecule has 1 aromatic rings. The zero-order chi connectivity index (χ0) is 12.8. The van der Waals surface area contributed by atoms with E-state index in [0.29, 0.717) is 12.1 Å². The maximum Gasteiger partial charge on any atom is 0.327 e. The first-order chi connectivity index (χ1) is 8.08. The number of nitrogens with one attached hydrogen (secondary N) is 1. The number of rotatable bonds is 5. The van der Waals surface area contributed by atoms with Gasteiger partial charge in [-0.1, -0.05) is 12.1 Å². The standard InChI is InChI=1S/C11H15N3O3/c12-5-7-1-3-8(4-2-7)10(15)14-9(6-13)11(16)17/h1-4,9H,5-6,12-13H2,(H,14,15)(H,16,17). The Balaban J connectivity index is 2.72. The lowest BCUT2D eigenvalue weighted by Gasteiger charge is -2.12. The maximum atomic E-state index is 11.7. The van der Waals surface area contributed by atoms with Crippen LogP contribution in [0.4, 0.5) is 0 Å². The van der Waals surface area contributed by atoms with Crippen molar-refractivity contribution in [2.75, 3.05) is 6.54 Å². The number of nitrogens with two attached hydrogens (primary N) is 2. The molecular formula is C11H15N3O3. The molecule has 0 heterocycles. The summed E-state index contributed by atoms with van der Waals surface area (Å²) < 4.78 is 0. The summed E-state index contributed by atoms with van der Waals surface area (Å²) in [5.41, 5.74) is 11.9. The molecule has 1 unspecified atom stereocenters. The van der Waals surface area contributed by atoms with Crippen LogP contribution < -0.4 is 16.8 Å². The van der Waals surface area contributed by atoms with Gasteiger partial charge in [-0.05, 0) is 17.7 Å². The van der Waals surface area contributed by atoms with Crippen LogP contribution in [0.15, 0.2) is 24.3 Å². The van der Waals surface area contributed by atoms with Gasteiger partial charge in [0.1, 0.15) is 6.04 Å². The average molecular weight is 237 g/mol. The molecule has 6 heteroatoms. The summed E-state index contributed by atoms with van der Waals surface area (Å²) >= 11 is 0. The molecule has 0 aliphatic carbocycles. The molecule has 6 nitrogen and oxygen atoms in total. The monoisotopic (exact) mass is 237 g/mol. The fraction of sp³-hybridized carbons (Fsp3) is 0.273. The fourth-order valence-electron chi connectivity index (χ4n) is 1.26. The normalized spacial score (nSPS) is 11.9. The molecule has 0 spiro atoms. The first-order valence-electron chi connectivity index (χ1n) is 5.11. The van der Waals surface area contributed by atoms with Crippen LogP contribution in [0.3, 0.4) is 0 Å². The molecule has 1 aromatic carbocycles. The van der Waals surface area contributed by atoms with Gasteiger partial charge >= 0.3 is 5.97 Å². The third-order valence-electron chi connectivity index (χ3n) is 2.29. The fourth-order valence-corrected chi connectivity index (χ4v) is 1.26. The van der Waals surface area contributed by atoms with Crippen molar-refractivity contribution in [2.45, 2.75) is 12.6 Å². The highest BCUT2D eigenvalue weighted by atomic mass is 16.4.